The van der Waals surface area contributed by atoms with Crippen molar-refractivity contribution in [3.8, 4) is 0 Å². The van der Waals surface area contributed by atoms with Crippen molar-refractivity contribution in [1.29, 1.82) is 0 Å². The number of nitrogens with zero attached hydrogens (tertiary/aromatic N) is 2. The van der Waals surface area contributed by atoms with E-state index in [9.17, 15) is 18.0 Å². The van der Waals surface area contributed by atoms with Gasteiger partial charge in [-0.25, -0.2) is 8.42 Å². The number of amides is 2. The van der Waals surface area contributed by atoms with Gasteiger partial charge in [-0.15, -0.1) is 0 Å². The van der Waals surface area contributed by atoms with Crippen molar-refractivity contribution >= 4 is 55.1 Å². The fourth-order valence-corrected chi connectivity index (χ4v) is 5.92. The van der Waals surface area contributed by atoms with E-state index in [1.165, 1.54) is 17.0 Å². The van der Waals surface area contributed by atoms with E-state index in [-0.39, 0.29) is 23.4 Å². The Balaban J connectivity index is 2.05. The number of rotatable bonds is 12. The summed E-state index contributed by atoms with van der Waals surface area (Å²) in [5.74, 6) is -0.822. The van der Waals surface area contributed by atoms with Crippen LogP contribution >= 0.6 is 27.5 Å². The number of halogens is 2. The fourth-order valence-electron chi connectivity index (χ4n) is 4.03. The molecule has 0 spiro atoms. The van der Waals surface area contributed by atoms with Crippen LogP contribution in [0.15, 0.2) is 88.2 Å². The molecule has 0 aliphatic rings. The molecule has 2 amide bonds. The molecular formula is C29H33BrClN3O4S. The van der Waals surface area contributed by atoms with Gasteiger partial charge in [-0.1, -0.05) is 77.8 Å². The minimum Gasteiger partial charge on any atom is -0.352 e. The Bertz CT molecular complexity index is 1370. The van der Waals surface area contributed by atoms with Gasteiger partial charge in [0, 0.05) is 22.1 Å². The second kappa shape index (κ2) is 14.0. The van der Waals surface area contributed by atoms with Crippen LogP contribution in [-0.4, -0.2) is 43.8 Å². The van der Waals surface area contributed by atoms with E-state index in [1.54, 1.807) is 66.7 Å². The van der Waals surface area contributed by atoms with Crippen LogP contribution in [0.1, 0.15) is 39.2 Å². The molecule has 7 nitrogen and oxygen atoms in total. The Morgan fingerprint density at radius 2 is 1.54 bits per heavy atom. The van der Waals surface area contributed by atoms with Gasteiger partial charge in [0.15, 0.2) is 0 Å². The van der Waals surface area contributed by atoms with Crippen molar-refractivity contribution in [2.24, 2.45) is 0 Å². The molecule has 0 saturated heterocycles. The number of hydrogen-bond donors (Lipinski definition) is 1. The van der Waals surface area contributed by atoms with Crippen LogP contribution < -0.4 is 9.62 Å². The second-order valence-electron chi connectivity index (χ2n) is 9.16. The Morgan fingerprint density at radius 1 is 0.923 bits per heavy atom. The molecule has 0 fully saturated rings. The summed E-state index contributed by atoms with van der Waals surface area (Å²) in [5.41, 5.74) is 0.980. The molecule has 0 aromatic heterocycles. The highest BCUT2D eigenvalue weighted by atomic mass is 79.9. The maximum absolute atomic E-state index is 14.0. The van der Waals surface area contributed by atoms with E-state index < -0.39 is 28.5 Å². The minimum absolute atomic E-state index is 0.0461. The lowest BCUT2D eigenvalue weighted by Crippen LogP contribution is -2.53. The summed E-state index contributed by atoms with van der Waals surface area (Å²) in [4.78, 5) is 28.8. The van der Waals surface area contributed by atoms with Crippen molar-refractivity contribution in [3.05, 3.63) is 93.9 Å². The highest BCUT2D eigenvalue weighted by Gasteiger charge is 2.34. The molecule has 0 unspecified atom stereocenters. The van der Waals surface area contributed by atoms with Crippen LogP contribution in [0.25, 0.3) is 0 Å². The van der Waals surface area contributed by atoms with E-state index in [0.717, 1.165) is 15.2 Å². The van der Waals surface area contributed by atoms with Gasteiger partial charge < -0.3 is 10.2 Å². The number of sulfonamides is 1. The number of nitrogens with one attached hydrogen (secondary N) is 1. The summed E-state index contributed by atoms with van der Waals surface area (Å²) in [5, 5.41) is 3.41. The molecule has 0 radical (unpaired) electrons. The maximum atomic E-state index is 14.0. The average Bonchev–Trinajstić information content (AvgIpc) is 2.93. The van der Waals surface area contributed by atoms with Crippen molar-refractivity contribution < 1.29 is 18.0 Å². The van der Waals surface area contributed by atoms with Gasteiger partial charge in [-0.2, -0.15) is 0 Å². The predicted molar refractivity (Wildman–Crippen MR) is 159 cm³/mol. The number of benzene rings is 3. The summed E-state index contributed by atoms with van der Waals surface area (Å²) in [7, 11) is -4.11. The normalized spacial score (nSPS) is 12.8. The SMILES string of the molecule is CC[C@@H](C)NC(=O)[C@@H](CC)N(Cc1ccccc1Cl)C(=O)CN(c1ccc(Br)cc1)S(=O)(=O)c1ccccc1. The number of carbonyl (C=O) groups excluding carboxylic acids is 2. The molecule has 1 N–H and O–H groups in total. The van der Waals surface area contributed by atoms with Crippen molar-refractivity contribution in [3.63, 3.8) is 0 Å². The molecule has 0 saturated carbocycles. The molecule has 0 heterocycles. The van der Waals surface area contributed by atoms with Crippen LogP contribution in [0, 0.1) is 0 Å². The Morgan fingerprint density at radius 3 is 2.13 bits per heavy atom. The minimum atomic E-state index is -4.11. The van der Waals surface area contributed by atoms with Crippen LogP contribution in [0.4, 0.5) is 5.69 Å². The van der Waals surface area contributed by atoms with Crippen molar-refractivity contribution in [1.82, 2.24) is 10.2 Å². The van der Waals surface area contributed by atoms with Crippen LogP contribution in [-0.2, 0) is 26.2 Å². The number of anilines is 1. The largest absolute Gasteiger partial charge is 0.352 e. The Hall–Kier alpha value is -2.88. The Kier molecular flexibility index (Phi) is 11.0. The summed E-state index contributed by atoms with van der Waals surface area (Å²) in [6.45, 7) is 5.22. The molecule has 39 heavy (non-hydrogen) atoms. The molecule has 2 atom stereocenters. The van der Waals surface area contributed by atoms with Gasteiger partial charge in [0.25, 0.3) is 10.0 Å². The molecule has 10 heteroatoms. The molecule has 0 aliphatic carbocycles. The second-order valence-corrected chi connectivity index (χ2v) is 12.3. The molecule has 0 bridgehead atoms. The maximum Gasteiger partial charge on any atom is 0.264 e. The first-order valence-electron chi connectivity index (χ1n) is 12.7. The summed E-state index contributed by atoms with van der Waals surface area (Å²) in [6, 6.07) is 20.8. The average molecular weight is 635 g/mol. The number of hydrogen-bond acceptors (Lipinski definition) is 4. The van der Waals surface area contributed by atoms with Crippen molar-refractivity contribution in [2.75, 3.05) is 10.8 Å². The monoisotopic (exact) mass is 633 g/mol. The van der Waals surface area contributed by atoms with E-state index in [1.807, 2.05) is 20.8 Å². The molecule has 3 rings (SSSR count). The fraction of sp³-hybridized carbons (Fsp3) is 0.310. The van der Waals surface area contributed by atoms with E-state index in [0.29, 0.717) is 22.7 Å². The molecule has 3 aromatic rings. The topological polar surface area (TPSA) is 86.8 Å². The van der Waals surface area contributed by atoms with E-state index >= 15 is 0 Å². The lowest BCUT2D eigenvalue weighted by atomic mass is 10.1. The summed E-state index contributed by atoms with van der Waals surface area (Å²) in [6.07, 6.45) is 1.06. The zero-order valence-electron chi connectivity index (χ0n) is 22.2. The number of carbonyl (C=O) groups is 2. The lowest BCUT2D eigenvalue weighted by Gasteiger charge is -2.34. The smallest absolute Gasteiger partial charge is 0.264 e. The van der Waals surface area contributed by atoms with Gasteiger partial charge in [0.1, 0.15) is 12.6 Å². The van der Waals surface area contributed by atoms with E-state index in [4.69, 9.17) is 11.6 Å². The third-order valence-electron chi connectivity index (χ3n) is 6.41. The van der Waals surface area contributed by atoms with Gasteiger partial charge in [0.05, 0.1) is 10.6 Å². The van der Waals surface area contributed by atoms with Gasteiger partial charge >= 0.3 is 0 Å². The standard InChI is InChI=1S/C29H33BrClN3O4S/c1-4-21(3)32-29(36)27(5-2)33(19-22-11-9-10-14-26(22)31)28(35)20-34(24-17-15-23(30)16-18-24)39(37,38)25-12-7-6-8-13-25/h6-18,21,27H,4-5,19-20H2,1-3H3,(H,32,36)/t21-,27-/m1/s1. The summed E-state index contributed by atoms with van der Waals surface area (Å²) < 4.78 is 29.4. The van der Waals surface area contributed by atoms with Crippen LogP contribution in [0.2, 0.25) is 5.02 Å². The Labute approximate surface area is 244 Å². The third kappa shape index (κ3) is 7.84. The first-order chi connectivity index (χ1) is 18.6. The first-order valence-corrected chi connectivity index (χ1v) is 15.4. The first kappa shape index (κ1) is 30.7. The molecule has 3 aromatic carbocycles. The van der Waals surface area contributed by atoms with Crippen LogP contribution in [0.5, 0.6) is 0 Å². The van der Waals surface area contributed by atoms with Crippen LogP contribution in [0.3, 0.4) is 0 Å². The highest BCUT2D eigenvalue weighted by molar-refractivity contribution is 9.10. The van der Waals surface area contributed by atoms with E-state index in [2.05, 4.69) is 21.2 Å². The van der Waals surface area contributed by atoms with Gasteiger partial charge in [-0.05, 0) is 67.8 Å². The zero-order valence-corrected chi connectivity index (χ0v) is 25.3. The molecule has 0 aliphatic heterocycles. The van der Waals surface area contributed by atoms with Gasteiger partial charge in [-0.3, -0.25) is 13.9 Å². The zero-order chi connectivity index (χ0) is 28.6. The van der Waals surface area contributed by atoms with Crippen molar-refractivity contribution in [2.45, 2.75) is 57.1 Å². The van der Waals surface area contributed by atoms with Gasteiger partial charge in [0.2, 0.25) is 11.8 Å². The summed E-state index contributed by atoms with van der Waals surface area (Å²) >= 11 is 9.80. The molecular weight excluding hydrogens is 602 g/mol. The highest BCUT2D eigenvalue weighted by Crippen LogP contribution is 2.27. The third-order valence-corrected chi connectivity index (χ3v) is 9.10. The molecule has 208 valence electrons. The quantitative estimate of drug-likeness (QED) is 0.264. The lowest BCUT2D eigenvalue weighted by molar-refractivity contribution is -0.140. The predicted octanol–water partition coefficient (Wildman–Crippen LogP) is 6.02.